The van der Waals surface area contributed by atoms with Crippen molar-refractivity contribution < 1.29 is 0 Å². The number of nitrogens with two attached hydrogens (primary N) is 1. The van der Waals surface area contributed by atoms with Gasteiger partial charge in [-0.3, -0.25) is 0 Å². The highest BCUT2D eigenvalue weighted by Crippen LogP contribution is 1.94. The van der Waals surface area contributed by atoms with E-state index in [1.54, 1.807) is 0 Å². The van der Waals surface area contributed by atoms with Crippen molar-refractivity contribution in [1.82, 2.24) is 0 Å². The van der Waals surface area contributed by atoms with Crippen LogP contribution in [0, 0.1) is 6.42 Å². The molecule has 0 bridgehead atoms. The summed E-state index contributed by atoms with van der Waals surface area (Å²) in [4.78, 5) is 0. The normalized spacial score (nSPS) is 14.1. The summed E-state index contributed by atoms with van der Waals surface area (Å²) in [7, 11) is 0. The second kappa shape index (κ2) is 4.13. The Bertz CT molecular complexity index is 35.2. The van der Waals surface area contributed by atoms with Crippen LogP contribution in [0.3, 0.4) is 0 Å². The lowest BCUT2D eigenvalue weighted by molar-refractivity contribution is 0.669. The largest absolute Gasteiger partial charge is 0.327 e. The maximum Gasteiger partial charge on any atom is 0.00675 e. The lowest BCUT2D eigenvalue weighted by Crippen LogP contribution is -2.17. The molecule has 2 N–H and O–H groups in total. The van der Waals surface area contributed by atoms with Gasteiger partial charge in [0.25, 0.3) is 0 Å². The molecule has 0 aromatic rings. The van der Waals surface area contributed by atoms with Gasteiger partial charge in [-0.25, -0.2) is 0 Å². The molecule has 0 fully saturated rings. The second-order valence-corrected chi connectivity index (χ2v) is 1.79. The van der Waals surface area contributed by atoms with Crippen molar-refractivity contribution in [3.63, 3.8) is 0 Å². The van der Waals surface area contributed by atoms with Gasteiger partial charge < -0.3 is 5.73 Å². The van der Waals surface area contributed by atoms with E-state index in [1.807, 2.05) is 13.3 Å². The van der Waals surface area contributed by atoms with Crippen LogP contribution in [-0.2, 0) is 0 Å². The van der Waals surface area contributed by atoms with Crippen LogP contribution < -0.4 is 5.73 Å². The Kier molecular flexibility index (Phi) is 4.10. The summed E-state index contributed by atoms with van der Waals surface area (Å²) in [6.45, 7) is 4.14. The van der Waals surface area contributed by atoms with Crippen molar-refractivity contribution in [3.8, 4) is 0 Å². The number of rotatable bonds is 3. The third-order valence-corrected chi connectivity index (χ3v) is 1.05. The van der Waals surface area contributed by atoms with Crippen molar-refractivity contribution >= 4 is 0 Å². The Morgan fingerprint density at radius 3 is 2.43 bits per heavy atom. The minimum atomic E-state index is 0.324. The molecular formula is C6H14N. The monoisotopic (exact) mass is 100 g/mol. The van der Waals surface area contributed by atoms with Gasteiger partial charge in [0.15, 0.2) is 0 Å². The van der Waals surface area contributed by atoms with Gasteiger partial charge in [-0.05, 0) is 12.8 Å². The van der Waals surface area contributed by atoms with E-state index in [0.717, 1.165) is 6.42 Å². The van der Waals surface area contributed by atoms with Gasteiger partial charge in [0, 0.05) is 6.04 Å². The van der Waals surface area contributed by atoms with E-state index in [2.05, 4.69) is 6.92 Å². The zero-order valence-electron chi connectivity index (χ0n) is 5.15. The van der Waals surface area contributed by atoms with Crippen molar-refractivity contribution in [3.05, 3.63) is 6.42 Å². The number of hydrogen-bond donors (Lipinski definition) is 1. The summed E-state index contributed by atoms with van der Waals surface area (Å²) in [5.74, 6) is 0. The average Bonchev–Trinajstić information content (AvgIpc) is 1.68. The molecule has 0 aliphatic heterocycles. The van der Waals surface area contributed by atoms with E-state index in [-0.39, 0.29) is 0 Å². The Morgan fingerprint density at radius 1 is 1.71 bits per heavy atom. The highest BCUT2D eigenvalue weighted by atomic mass is 14.6. The molecule has 0 saturated heterocycles. The molecule has 0 heterocycles. The lowest BCUT2D eigenvalue weighted by Gasteiger charge is -2.02. The van der Waals surface area contributed by atoms with Crippen LogP contribution in [0.4, 0.5) is 0 Å². The Labute approximate surface area is 45.9 Å². The minimum absolute atomic E-state index is 0.324. The predicted molar refractivity (Wildman–Crippen MR) is 32.9 cm³/mol. The highest BCUT2D eigenvalue weighted by Gasteiger charge is 1.93. The first-order chi connectivity index (χ1) is 3.31. The molecule has 1 unspecified atom stereocenters. The molecule has 0 saturated carbocycles. The van der Waals surface area contributed by atoms with Gasteiger partial charge in [0.2, 0.25) is 0 Å². The predicted octanol–water partition coefficient (Wildman–Crippen LogP) is 1.34. The van der Waals surface area contributed by atoms with Gasteiger partial charge in [0.1, 0.15) is 0 Å². The van der Waals surface area contributed by atoms with Crippen molar-refractivity contribution in [2.24, 2.45) is 5.73 Å². The molecule has 0 spiro atoms. The van der Waals surface area contributed by atoms with Crippen molar-refractivity contribution in [2.45, 2.75) is 32.7 Å². The van der Waals surface area contributed by atoms with E-state index >= 15 is 0 Å². The highest BCUT2D eigenvalue weighted by molar-refractivity contribution is 4.72. The average molecular weight is 100 g/mol. The van der Waals surface area contributed by atoms with Gasteiger partial charge in [-0.2, -0.15) is 0 Å². The van der Waals surface area contributed by atoms with Crippen LogP contribution in [0.5, 0.6) is 0 Å². The zero-order valence-corrected chi connectivity index (χ0v) is 5.15. The lowest BCUT2D eigenvalue weighted by atomic mass is 10.1. The third-order valence-electron chi connectivity index (χ3n) is 1.05. The zero-order chi connectivity index (χ0) is 5.70. The van der Waals surface area contributed by atoms with Crippen LogP contribution >= 0.6 is 0 Å². The van der Waals surface area contributed by atoms with E-state index < -0.39 is 0 Å². The summed E-state index contributed by atoms with van der Waals surface area (Å²) in [6, 6.07) is 0.324. The summed E-state index contributed by atoms with van der Waals surface area (Å²) < 4.78 is 0. The topological polar surface area (TPSA) is 26.0 Å². The van der Waals surface area contributed by atoms with Gasteiger partial charge in [-0.1, -0.05) is 20.3 Å². The summed E-state index contributed by atoms with van der Waals surface area (Å²) in [5.41, 5.74) is 5.53. The first-order valence-electron chi connectivity index (χ1n) is 2.86. The van der Waals surface area contributed by atoms with Crippen molar-refractivity contribution in [2.75, 3.05) is 0 Å². The van der Waals surface area contributed by atoms with E-state index in [1.165, 1.54) is 6.42 Å². The molecule has 7 heavy (non-hydrogen) atoms. The molecule has 1 atom stereocenters. The van der Waals surface area contributed by atoms with E-state index in [9.17, 15) is 0 Å². The molecule has 1 heteroatoms. The molecule has 0 aromatic heterocycles. The van der Waals surface area contributed by atoms with Crippen LogP contribution in [-0.4, -0.2) is 6.04 Å². The van der Waals surface area contributed by atoms with Crippen LogP contribution in [0.15, 0.2) is 0 Å². The Hall–Kier alpha value is -0.0400. The van der Waals surface area contributed by atoms with E-state index in [4.69, 9.17) is 5.73 Å². The van der Waals surface area contributed by atoms with Gasteiger partial charge in [0.05, 0.1) is 0 Å². The summed E-state index contributed by atoms with van der Waals surface area (Å²) in [6.07, 6.45) is 4.34. The fourth-order valence-electron chi connectivity index (χ4n) is 0.500. The molecule has 0 aliphatic rings. The first-order valence-corrected chi connectivity index (χ1v) is 2.86. The fourth-order valence-corrected chi connectivity index (χ4v) is 0.500. The Balaban J connectivity index is 2.83. The fraction of sp³-hybridized carbons (Fsp3) is 0.833. The maximum atomic E-state index is 5.53. The van der Waals surface area contributed by atoms with Gasteiger partial charge in [-0.15, -0.1) is 0 Å². The molecule has 1 radical (unpaired) electrons. The standard InChI is InChI=1S/C6H14N/c1-3-5-6(7)4-2/h4,6H,3,5,7H2,1-2H3. The van der Waals surface area contributed by atoms with Crippen LogP contribution in [0.2, 0.25) is 0 Å². The molecule has 0 aromatic carbocycles. The summed E-state index contributed by atoms with van der Waals surface area (Å²) >= 11 is 0. The third kappa shape index (κ3) is 3.80. The molecule has 0 aliphatic carbocycles. The van der Waals surface area contributed by atoms with Crippen LogP contribution in [0.25, 0.3) is 0 Å². The number of hydrogen-bond acceptors (Lipinski definition) is 1. The van der Waals surface area contributed by atoms with Crippen LogP contribution in [0.1, 0.15) is 26.7 Å². The van der Waals surface area contributed by atoms with Gasteiger partial charge >= 0.3 is 0 Å². The van der Waals surface area contributed by atoms with Crippen molar-refractivity contribution in [1.29, 1.82) is 0 Å². The first kappa shape index (κ1) is 6.96. The molecule has 0 amide bonds. The summed E-state index contributed by atoms with van der Waals surface area (Å²) in [5, 5.41) is 0. The quantitative estimate of drug-likeness (QED) is 0.569. The maximum absolute atomic E-state index is 5.53. The molecular weight excluding hydrogens is 86.1 g/mol. The van der Waals surface area contributed by atoms with E-state index in [0.29, 0.717) is 6.04 Å². The molecule has 43 valence electrons. The second-order valence-electron chi connectivity index (χ2n) is 1.79. The SMILES string of the molecule is C[CH]C(N)CCC. The minimum Gasteiger partial charge on any atom is -0.327 e. The molecule has 1 nitrogen and oxygen atoms in total. The molecule has 0 rings (SSSR count). The smallest absolute Gasteiger partial charge is 0.00675 e. The Morgan fingerprint density at radius 2 is 2.29 bits per heavy atom.